The Kier molecular flexibility index (Phi) is 19.1. The number of aromatic nitrogens is 8. The van der Waals surface area contributed by atoms with Gasteiger partial charge < -0.3 is 37.9 Å². The van der Waals surface area contributed by atoms with Crippen LogP contribution in [0.2, 0.25) is 0 Å². The van der Waals surface area contributed by atoms with Crippen LogP contribution in [0.15, 0.2) is 245 Å². The van der Waals surface area contributed by atoms with Crippen molar-refractivity contribution in [3.63, 3.8) is 0 Å². The molecular weight excluding hydrogens is 1280 g/mol. The Morgan fingerprint density at radius 3 is 0.380 bits per heavy atom. The first-order valence-corrected chi connectivity index (χ1v) is 30.4. The molecule has 0 bridgehead atoms. The Bertz CT molecular complexity index is 4150. The van der Waals surface area contributed by atoms with Crippen LogP contribution in [0.25, 0.3) is 0 Å². The summed E-state index contributed by atoms with van der Waals surface area (Å²) in [5.74, 6) is -8.89. The van der Waals surface area contributed by atoms with E-state index in [4.69, 9.17) is 37.9 Å². The predicted molar refractivity (Wildman–Crippen MR) is 351 cm³/mol. The maximum absolute atomic E-state index is 14.3. The van der Waals surface area contributed by atoms with Crippen LogP contribution < -0.4 is 37.9 Å². The van der Waals surface area contributed by atoms with Gasteiger partial charge in [-0.2, -0.15) is 0 Å². The molecule has 12 aromatic rings. The van der Waals surface area contributed by atoms with Crippen molar-refractivity contribution in [3.8, 4) is 46.0 Å². The highest BCUT2D eigenvalue weighted by Crippen LogP contribution is 2.44. The zero-order valence-corrected chi connectivity index (χ0v) is 52.0. The number of hydrogen-bond donors (Lipinski definition) is 0. The minimum Gasteiger partial charge on any atom is -0.419 e. The van der Waals surface area contributed by atoms with E-state index < -0.39 is 47.8 Å². The molecule has 8 aromatic heterocycles. The molecule has 1 aliphatic carbocycles. The van der Waals surface area contributed by atoms with Crippen molar-refractivity contribution in [2.45, 2.75) is 25.7 Å². The fourth-order valence-corrected chi connectivity index (χ4v) is 10.5. The smallest absolute Gasteiger partial charge is 0.343 e. The highest BCUT2D eigenvalue weighted by Gasteiger charge is 2.30. The molecular formula is C76H48N8O16. The Morgan fingerprint density at radius 2 is 0.280 bits per heavy atom. The lowest BCUT2D eigenvalue weighted by Crippen LogP contribution is -2.16. The molecule has 0 fully saturated rings. The largest absolute Gasteiger partial charge is 0.419 e. The maximum atomic E-state index is 14.3. The number of carbonyl (C=O) groups excluding carboxylic acids is 8. The van der Waals surface area contributed by atoms with Crippen molar-refractivity contribution >= 4 is 47.8 Å². The summed E-state index contributed by atoms with van der Waals surface area (Å²) < 4.78 is 49.5. The molecule has 0 saturated carbocycles. The second kappa shape index (κ2) is 29.6. The predicted octanol–water partition coefficient (Wildman–Crippen LogP) is 11.3. The summed E-state index contributed by atoms with van der Waals surface area (Å²) in [4.78, 5) is 147. The lowest BCUT2D eigenvalue weighted by molar-refractivity contribution is 0.0681. The summed E-state index contributed by atoms with van der Waals surface area (Å²) in [6.45, 7) is 0. The molecule has 0 N–H and O–H groups in total. The molecule has 0 aliphatic heterocycles. The first-order valence-electron chi connectivity index (χ1n) is 30.4. The Labute approximate surface area is 566 Å². The van der Waals surface area contributed by atoms with Crippen molar-refractivity contribution < 1.29 is 76.3 Å². The van der Waals surface area contributed by atoms with Crippen molar-refractivity contribution in [1.82, 2.24) is 39.9 Å². The standard InChI is InChI=1S/C76H48N8O16/c85-69(45-1-17-77-18-2-45)93-61-37-53-33-55-39-63(95-71(87)47-5-21-79-22-6-47)65(97-73(89)49-9-25-81-26-10-49)41-57(55)35-59-43-67(99-75(91)51-13-29-83-30-14-51)68(100-76(92)52-15-31-84-32-16-52)44-60(59)36-58-42-66(98-74(90)50-11-27-82-28-12-50)64(96-72(88)48-7-23-80-24-8-48)40-56(58)34-54(53)38-62(61)94-70(86)46-3-19-78-20-4-46/h1-32,37-44H,33-36H2. The lowest BCUT2D eigenvalue weighted by Gasteiger charge is -2.23. The topological polar surface area (TPSA) is 314 Å². The van der Waals surface area contributed by atoms with Gasteiger partial charge in [-0.3, -0.25) is 39.9 Å². The van der Waals surface area contributed by atoms with E-state index in [0.717, 1.165) is 0 Å². The van der Waals surface area contributed by atoms with E-state index in [1.165, 1.54) is 245 Å². The van der Waals surface area contributed by atoms with Crippen LogP contribution in [-0.2, 0) is 25.7 Å². The summed E-state index contributed by atoms with van der Waals surface area (Å²) in [6.07, 6.45) is 21.6. The van der Waals surface area contributed by atoms with Gasteiger partial charge in [0, 0.05) is 99.1 Å². The van der Waals surface area contributed by atoms with Gasteiger partial charge in [0.25, 0.3) is 0 Å². The van der Waals surface area contributed by atoms with Gasteiger partial charge in [-0.15, -0.1) is 0 Å². The number of fused-ring (bicyclic) bond motifs is 4. The molecule has 24 nitrogen and oxygen atoms in total. The SMILES string of the molecule is O=C(Oc1cc2c(cc1OC(=O)c1ccncc1)Cc1cc(OC(=O)c3ccncc3)c(OC(=O)c3ccncc3)cc1Cc1cc(OC(=O)c3ccncc3)c(OC(=O)c3ccncc3)cc1Cc1cc(OC(=O)c3ccncc3)c(OC(=O)c3ccncc3)cc1C2)c1ccncc1. The summed E-state index contributed by atoms with van der Waals surface area (Å²) in [5, 5.41) is 0. The molecule has 0 saturated heterocycles. The van der Waals surface area contributed by atoms with Crippen LogP contribution in [-0.4, -0.2) is 87.6 Å². The second-order valence-corrected chi connectivity index (χ2v) is 22.0. The van der Waals surface area contributed by atoms with Crippen LogP contribution in [0, 0.1) is 0 Å². The van der Waals surface area contributed by atoms with Gasteiger partial charge in [0.2, 0.25) is 0 Å². The first kappa shape index (κ1) is 64.5. The first-order chi connectivity index (χ1) is 48.8. The summed E-state index contributed by atoms with van der Waals surface area (Å²) in [7, 11) is 0. The van der Waals surface area contributed by atoms with E-state index in [1.807, 2.05) is 0 Å². The van der Waals surface area contributed by atoms with Crippen LogP contribution in [0.3, 0.4) is 0 Å². The number of carbonyl (C=O) groups is 8. The summed E-state index contributed by atoms with van der Waals surface area (Å²) >= 11 is 0. The second-order valence-electron chi connectivity index (χ2n) is 22.0. The lowest BCUT2D eigenvalue weighted by atomic mass is 9.85. The van der Waals surface area contributed by atoms with Gasteiger partial charge >= 0.3 is 47.8 Å². The summed E-state index contributed by atoms with van der Waals surface area (Å²) in [6, 6.07) is 34.9. The quantitative estimate of drug-likeness (QED) is 0.0641. The van der Waals surface area contributed by atoms with Gasteiger partial charge in [0.15, 0.2) is 46.0 Å². The number of hydrogen-bond acceptors (Lipinski definition) is 24. The van der Waals surface area contributed by atoms with Gasteiger partial charge in [-0.25, -0.2) is 38.4 Å². The van der Waals surface area contributed by atoms with E-state index in [0.29, 0.717) is 44.5 Å². The molecule has 0 spiro atoms. The maximum Gasteiger partial charge on any atom is 0.343 e. The normalized spacial score (nSPS) is 11.4. The number of pyridine rings is 8. The van der Waals surface area contributed by atoms with Crippen molar-refractivity contribution in [2.24, 2.45) is 0 Å². The monoisotopic (exact) mass is 1330 g/mol. The molecule has 0 unspecified atom stereocenters. The van der Waals surface area contributed by atoms with E-state index in [2.05, 4.69) is 39.9 Å². The van der Waals surface area contributed by atoms with Gasteiger partial charge in [0.1, 0.15) is 0 Å². The van der Waals surface area contributed by atoms with Crippen molar-refractivity contribution in [1.29, 1.82) is 0 Å². The van der Waals surface area contributed by atoms with E-state index in [9.17, 15) is 38.4 Å². The minimum absolute atomic E-state index is 0.0806. The number of rotatable bonds is 16. The van der Waals surface area contributed by atoms with Gasteiger partial charge in [-0.05, 0) is 216 Å². The van der Waals surface area contributed by atoms with E-state index >= 15 is 0 Å². The average Bonchev–Trinajstić information content (AvgIpc) is 0.770. The van der Waals surface area contributed by atoms with E-state index in [1.54, 1.807) is 0 Å². The molecule has 8 heterocycles. The zero-order chi connectivity index (χ0) is 68.9. The third kappa shape index (κ3) is 15.3. The molecule has 488 valence electrons. The molecule has 24 heteroatoms. The molecule has 0 amide bonds. The summed E-state index contributed by atoms with van der Waals surface area (Å²) in [5.41, 5.74) is 3.62. The number of benzene rings is 4. The molecule has 0 atom stereocenters. The Balaban J connectivity index is 1.08. The van der Waals surface area contributed by atoms with Crippen molar-refractivity contribution in [2.75, 3.05) is 0 Å². The van der Waals surface area contributed by atoms with Gasteiger partial charge in [-0.1, -0.05) is 0 Å². The molecule has 100 heavy (non-hydrogen) atoms. The Morgan fingerprint density at radius 1 is 0.180 bits per heavy atom. The minimum atomic E-state index is -0.870. The third-order valence-electron chi connectivity index (χ3n) is 15.5. The highest BCUT2D eigenvalue weighted by atomic mass is 16.6. The molecule has 13 rings (SSSR count). The molecule has 1 aliphatic rings. The number of esters is 8. The van der Waals surface area contributed by atoms with Crippen LogP contribution in [0.5, 0.6) is 46.0 Å². The zero-order valence-electron chi connectivity index (χ0n) is 52.0. The third-order valence-corrected chi connectivity index (χ3v) is 15.5. The van der Waals surface area contributed by atoms with Gasteiger partial charge in [0.05, 0.1) is 44.5 Å². The number of ether oxygens (including phenoxy) is 8. The Hall–Kier alpha value is -14.2. The molecule has 0 radical (unpaired) electrons. The van der Waals surface area contributed by atoms with Crippen molar-refractivity contribution in [3.05, 3.63) is 334 Å². The fraction of sp³-hybridized carbons (Fsp3) is 0.0526. The van der Waals surface area contributed by atoms with E-state index in [-0.39, 0.29) is 116 Å². The van der Waals surface area contributed by atoms with Crippen LogP contribution in [0.4, 0.5) is 0 Å². The van der Waals surface area contributed by atoms with Crippen LogP contribution >= 0.6 is 0 Å². The molecule has 4 aromatic carbocycles. The van der Waals surface area contributed by atoms with Crippen LogP contribution in [0.1, 0.15) is 127 Å². The average molecular weight is 1330 g/mol. The highest BCUT2D eigenvalue weighted by molar-refractivity contribution is 5.97. The number of nitrogens with zero attached hydrogens (tertiary/aromatic N) is 8. The fourth-order valence-electron chi connectivity index (χ4n) is 10.5.